The predicted octanol–water partition coefficient (Wildman–Crippen LogP) is 1.34. The van der Waals surface area contributed by atoms with E-state index >= 15 is 0 Å². The van der Waals surface area contributed by atoms with Crippen molar-refractivity contribution >= 4 is 18.4 Å². The molecule has 0 spiro atoms. The summed E-state index contributed by atoms with van der Waals surface area (Å²) in [4.78, 5) is 11.2. The van der Waals surface area contributed by atoms with Gasteiger partial charge in [0.15, 0.2) is 0 Å². The van der Waals surface area contributed by atoms with Crippen LogP contribution in [0.5, 0.6) is 0 Å². The summed E-state index contributed by atoms with van der Waals surface area (Å²) in [6, 6.07) is 0. The highest BCUT2D eigenvalue weighted by molar-refractivity contribution is 5.85. The molecule has 0 aliphatic carbocycles. The van der Waals surface area contributed by atoms with E-state index in [1.54, 1.807) is 13.8 Å². The van der Waals surface area contributed by atoms with E-state index in [1.165, 1.54) is 0 Å². The Morgan fingerprint density at radius 3 is 2.25 bits per heavy atom. The van der Waals surface area contributed by atoms with Crippen LogP contribution < -0.4 is 5.73 Å². The number of esters is 1. The average molecular weight is 196 g/mol. The standard InChI is InChI=1S/C8H17NO2.ClH/c1-5-11-7(10)8(4,9)6(2)3;/h6H,5,9H2,1-4H3;1H. The lowest BCUT2D eigenvalue weighted by atomic mass is 9.90. The van der Waals surface area contributed by atoms with Gasteiger partial charge in [-0.25, -0.2) is 0 Å². The largest absolute Gasteiger partial charge is 0.465 e. The van der Waals surface area contributed by atoms with E-state index in [1.807, 2.05) is 13.8 Å². The van der Waals surface area contributed by atoms with Gasteiger partial charge < -0.3 is 10.5 Å². The Hall–Kier alpha value is -0.280. The summed E-state index contributed by atoms with van der Waals surface area (Å²) in [7, 11) is 0. The van der Waals surface area contributed by atoms with Gasteiger partial charge in [-0.05, 0) is 19.8 Å². The van der Waals surface area contributed by atoms with Crippen LogP contribution in [0.4, 0.5) is 0 Å². The molecule has 0 heterocycles. The molecule has 0 aliphatic rings. The maximum Gasteiger partial charge on any atom is 0.326 e. The number of hydrogen-bond donors (Lipinski definition) is 1. The Balaban J connectivity index is 0. The molecule has 0 rings (SSSR count). The lowest BCUT2D eigenvalue weighted by molar-refractivity contribution is -0.150. The average Bonchev–Trinajstić information content (AvgIpc) is 1.88. The predicted molar refractivity (Wildman–Crippen MR) is 51.3 cm³/mol. The molecule has 74 valence electrons. The Kier molecular flexibility index (Phi) is 6.39. The summed E-state index contributed by atoms with van der Waals surface area (Å²) < 4.78 is 4.80. The molecule has 0 saturated heterocycles. The van der Waals surface area contributed by atoms with Gasteiger partial charge in [0.05, 0.1) is 6.61 Å². The highest BCUT2D eigenvalue weighted by Gasteiger charge is 2.33. The normalized spacial score (nSPS) is 14.8. The first-order valence-electron chi connectivity index (χ1n) is 3.89. The zero-order valence-electron chi connectivity index (χ0n) is 8.09. The molecule has 0 aromatic rings. The second-order valence-corrected chi connectivity index (χ2v) is 3.16. The van der Waals surface area contributed by atoms with E-state index in [0.29, 0.717) is 6.61 Å². The van der Waals surface area contributed by atoms with Gasteiger partial charge in [0.2, 0.25) is 0 Å². The third-order valence-corrected chi connectivity index (χ3v) is 1.91. The van der Waals surface area contributed by atoms with Crippen molar-refractivity contribution in [3.05, 3.63) is 0 Å². The number of carbonyl (C=O) groups excluding carboxylic acids is 1. The van der Waals surface area contributed by atoms with Gasteiger partial charge in [0, 0.05) is 0 Å². The van der Waals surface area contributed by atoms with Gasteiger partial charge in [-0.15, -0.1) is 12.4 Å². The number of rotatable bonds is 3. The second-order valence-electron chi connectivity index (χ2n) is 3.16. The molecule has 1 unspecified atom stereocenters. The topological polar surface area (TPSA) is 52.3 Å². The number of carbonyl (C=O) groups is 1. The van der Waals surface area contributed by atoms with Crippen LogP contribution in [0.25, 0.3) is 0 Å². The van der Waals surface area contributed by atoms with Crippen LogP contribution in [-0.2, 0) is 9.53 Å². The summed E-state index contributed by atoms with van der Waals surface area (Å²) >= 11 is 0. The van der Waals surface area contributed by atoms with Crippen LogP contribution in [-0.4, -0.2) is 18.1 Å². The van der Waals surface area contributed by atoms with Gasteiger partial charge >= 0.3 is 5.97 Å². The molecule has 0 aliphatic heterocycles. The second kappa shape index (κ2) is 5.38. The molecule has 0 saturated carbocycles. The van der Waals surface area contributed by atoms with E-state index in [9.17, 15) is 4.79 Å². The van der Waals surface area contributed by atoms with Crippen molar-refractivity contribution in [3.8, 4) is 0 Å². The van der Waals surface area contributed by atoms with E-state index in [2.05, 4.69) is 0 Å². The Morgan fingerprint density at radius 2 is 2.00 bits per heavy atom. The van der Waals surface area contributed by atoms with E-state index < -0.39 is 5.54 Å². The number of halogens is 1. The zero-order chi connectivity index (χ0) is 9.07. The van der Waals surface area contributed by atoms with Crippen LogP contribution in [0.3, 0.4) is 0 Å². The summed E-state index contributed by atoms with van der Waals surface area (Å²) in [5.74, 6) is -0.225. The van der Waals surface area contributed by atoms with Gasteiger partial charge in [-0.1, -0.05) is 13.8 Å². The van der Waals surface area contributed by atoms with Crippen LogP contribution in [0.1, 0.15) is 27.7 Å². The van der Waals surface area contributed by atoms with Gasteiger partial charge in [-0.2, -0.15) is 0 Å². The van der Waals surface area contributed by atoms with Gasteiger partial charge in [0.1, 0.15) is 5.54 Å². The minimum atomic E-state index is -0.851. The molecular formula is C8H18ClNO2. The molecule has 0 fully saturated rings. The van der Waals surface area contributed by atoms with Crippen molar-refractivity contribution in [3.63, 3.8) is 0 Å². The summed E-state index contributed by atoms with van der Waals surface area (Å²) in [5.41, 5.74) is 4.86. The molecule has 0 aromatic heterocycles. The maximum absolute atomic E-state index is 11.2. The smallest absolute Gasteiger partial charge is 0.326 e. The first-order valence-corrected chi connectivity index (χ1v) is 3.89. The van der Waals surface area contributed by atoms with E-state index in [0.717, 1.165) is 0 Å². The Bertz CT molecular complexity index is 146. The highest BCUT2D eigenvalue weighted by atomic mass is 35.5. The first-order chi connectivity index (χ1) is 4.92. The van der Waals surface area contributed by atoms with Gasteiger partial charge in [0.25, 0.3) is 0 Å². The van der Waals surface area contributed by atoms with Crippen LogP contribution >= 0.6 is 12.4 Å². The zero-order valence-corrected chi connectivity index (χ0v) is 8.90. The van der Waals surface area contributed by atoms with Crippen LogP contribution in [0.15, 0.2) is 0 Å². The fourth-order valence-corrected chi connectivity index (χ4v) is 0.522. The van der Waals surface area contributed by atoms with Crippen molar-refractivity contribution in [1.29, 1.82) is 0 Å². The minimum absolute atomic E-state index is 0. The Morgan fingerprint density at radius 1 is 1.58 bits per heavy atom. The molecule has 0 bridgehead atoms. The SMILES string of the molecule is CCOC(=O)C(C)(N)C(C)C.Cl. The summed E-state index contributed by atoms with van der Waals surface area (Å²) in [5, 5.41) is 0. The molecule has 3 nitrogen and oxygen atoms in total. The lowest BCUT2D eigenvalue weighted by Crippen LogP contribution is -2.50. The molecule has 1 atom stereocenters. The maximum atomic E-state index is 11.2. The Labute approximate surface area is 80.1 Å². The summed E-state index contributed by atoms with van der Waals surface area (Å²) in [6.45, 7) is 7.65. The number of ether oxygens (including phenoxy) is 1. The van der Waals surface area contributed by atoms with Crippen LogP contribution in [0.2, 0.25) is 0 Å². The first kappa shape index (κ1) is 14.3. The minimum Gasteiger partial charge on any atom is -0.465 e. The number of nitrogens with two attached hydrogens (primary N) is 1. The van der Waals surface area contributed by atoms with Crippen molar-refractivity contribution in [1.82, 2.24) is 0 Å². The molecule has 0 amide bonds. The quantitative estimate of drug-likeness (QED) is 0.692. The van der Waals surface area contributed by atoms with Crippen molar-refractivity contribution in [2.75, 3.05) is 6.61 Å². The molecule has 0 aromatic carbocycles. The molecule has 12 heavy (non-hydrogen) atoms. The van der Waals surface area contributed by atoms with Crippen LogP contribution in [0, 0.1) is 5.92 Å². The molecular weight excluding hydrogens is 178 g/mol. The summed E-state index contributed by atoms with van der Waals surface area (Å²) in [6.07, 6.45) is 0. The lowest BCUT2D eigenvalue weighted by Gasteiger charge is -2.25. The van der Waals surface area contributed by atoms with Crippen molar-refractivity contribution in [2.45, 2.75) is 33.2 Å². The third kappa shape index (κ3) is 3.41. The molecule has 2 N–H and O–H groups in total. The molecule has 4 heteroatoms. The van der Waals surface area contributed by atoms with Crippen molar-refractivity contribution < 1.29 is 9.53 Å². The van der Waals surface area contributed by atoms with Crippen molar-refractivity contribution in [2.24, 2.45) is 11.7 Å². The van der Waals surface area contributed by atoms with Gasteiger partial charge in [-0.3, -0.25) is 4.79 Å². The van der Waals surface area contributed by atoms with E-state index in [-0.39, 0.29) is 24.3 Å². The third-order valence-electron chi connectivity index (χ3n) is 1.91. The fraction of sp³-hybridized carbons (Fsp3) is 0.875. The molecule has 0 radical (unpaired) electrons. The highest BCUT2D eigenvalue weighted by Crippen LogP contribution is 2.14. The monoisotopic (exact) mass is 195 g/mol. The fourth-order valence-electron chi connectivity index (χ4n) is 0.522. The van der Waals surface area contributed by atoms with E-state index in [4.69, 9.17) is 10.5 Å². The number of hydrogen-bond acceptors (Lipinski definition) is 3.